The minimum atomic E-state index is 1.31. The molecule has 0 aliphatic carbocycles. The first-order valence-corrected chi connectivity index (χ1v) is 10.3. The Bertz CT molecular complexity index is 1900. The van der Waals surface area contributed by atoms with E-state index in [0.29, 0.717) is 0 Å². The molecule has 0 N–H and O–H groups in total. The first-order valence-electron chi connectivity index (χ1n) is 10.3. The minimum absolute atomic E-state index is 1.31. The van der Waals surface area contributed by atoms with Crippen molar-refractivity contribution in [3.8, 4) is 0 Å². The molecule has 29 heavy (non-hydrogen) atoms. The van der Waals surface area contributed by atoms with Gasteiger partial charge in [-0.25, -0.2) is 0 Å². The Morgan fingerprint density at radius 1 is 0.345 bits per heavy atom. The third kappa shape index (κ3) is 1.49. The molecule has 0 heteroatoms. The Morgan fingerprint density at radius 3 is 1.48 bits per heavy atom. The lowest BCUT2D eigenvalue weighted by Crippen LogP contribution is -1.85. The maximum Gasteiger partial charge on any atom is -0.000719 e. The molecule has 8 aromatic carbocycles. The van der Waals surface area contributed by atoms with E-state index in [9.17, 15) is 0 Å². The van der Waals surface area contributed by atoms with Crippen molar-refractivity contribution in [1.29, 1.82) is 0 Å². The number of benzene rings is 7. The van der Waals surface area contributed by atoms with Crippen LogP contribution < -0.4 is 0 Å². The lowest BCUT2D eigenvalue weighted by atomic mass is 9.90. The third-order valence-corrected chi connectivity index (χ3v) is 7.14. The zero-order valence-electron chi connectivity index (χ0n) is 16.0. The van der Waals surface area contributed by atoms with Crippen molar-refractivity contribution in [2.45, 2.75) is 6.92 Å². The van der Waals surface area contributed by atoms with E-state index in [1.165, 1.54) is 81.0 Å². The molecular weight excluding hydrogens is 348 g/mol. The summed E-state index contributed by atoms with van der Waals surface area (Å²) in [6.07, 6.45) is 0. The summed E-state index contributed by atoms with van der Waals surface area (Å²) in [5.74, 6) is 0. The van der Waals surface area contributed by atoms with Gasteiger partial charge in [0.2, 0.25) is 0 Å². The highest BCUT2D eigenvalue weighted by Gasteiger charge is 2.22. The third-order valence-electron chi connectivity index (χ3n) is 7.14. The molecule has 0 heterocycles. The fourth-order valence-corrected chi connectivity index (χ4v) is 5.95. The van der Waals surface area contributed by atoms with Crippen LogP contribution in [0.1, 0.15) is 5.56 Å². The number of aryl methyl sites for hydroxylation is 1. The molecule has 8 aromatic rings. The molecule has 0 amide bonds. The molecular formula is C29H16. The summed E-state index contributed by atoms with van der Waals surface area (Å²) in [5.41, 5.74) is 1.31. The minimum Gasteiger partial charge on any atom is -0.0587 e. The fraction of sp³-hybridized carbons (Fsp3) is 0.0345. The van der Waals surface area contributed by atoms with Gasteiger partial charge in [-0.2, -0.15) is 0 Å². The summed E-state index contributed by atoms with van der Waals surface area (Å²) >= 11 is 0. The van der Waals surface area contributed by atoms with Gasteiger partial charge in [-0.05, 0) is 82.3 Å². The topological polar surface area (TPSA) is 0 Å². The second kappa shape index (κ2) is 4.50. The van der Waals surface area contributed by atoms with Crippen LogP contribution in [0.15, 0.2) is 78.9 Å². The standard InChI is InChI=1S/C29H16/c1-15-2-3-16-8-11-20-21-12-9-18-6-4-17-5-7-19-10-13-22(27(20)23(16)14-15)29-26(19)24(17)25(18)28(21)29/h2-14H,1H3. The van der Waals surface area contributed by atoms with Crippen molar-refractivity contribution >= 4 is 75.4 Å². The highest BCUT2D eigenvalue weighted by atomic mass is 14.2. The molecule has 0 bridgehead atoms. The van der Waals surface area contributed by atoms with E-state index < -0.39 is 0 Å². The van der Waals surface area contributed by atoms with E-state index in [0.717, 1.165) is 0 Å². The van der Waals surface area contributed by atoms with Crippen molar-refractivity contribution < 1.29 is 0 Å². The highest BCUT2D eigenvalue weighted by Crippen LogP contribution is 2.51. The van der Waals surface area contributed by atoms with Crippen molar-refractivity contribution in [3.63, 3.8) is 0 Å². The van der Waals surface area contributed by atoms with Gasteiger partial charge in [-0.15, -0.1) is 0 Å². The summed E-state index contributed by atoms with van der Waals surface area (Å²) < 4.78 is 0. The maximum absolute atomic E-state index is 2.36. The van der Waals surface area contributed by atoms with Gasteiger partial charge in [0, 0.05) is 0 Å². The summed E-state index contributed by atoms with van der Waals surface area (Å²) in [5, 5.41) is 19.6. The average molecular weight is 364 g/mol. The molecule has 0 saturated heterocycles. The van der Waals surface area contributed by atoms with E-state index in [1.54, 1.807) is 0 Å². The normalized spacial score (nSPS) is 13.0. The first-order chi connectivity index (χ1) is 14.3. The molecule has 0 saturated carbocycles. The molecule has 0 spiro atoms. The van der Waals surface area contributed by atoms with Crippen LogP contribution in [0, 0.1) is 6.92 Å². The molecule has 0 nitrogen and oxygen atoms in total. The van der Waals surface area contributed by atoms with E-state index in [4.69, 9.17) is 0 Å². The van der Waals surface area contributed by atoms with Crippen LogP contribution in [0.2, 0.25) is 0 Å². The number of fused-ring (bicyclic) bond motifs is 5. The summed E-state index contributed by atoms with van der Waals surface area (Å²) in [6, 6.07) is 29.9. The summed E-state index contributed by atoms with van der Waals surface area (Å²) in [7, 11) is 0. The Balaban J connectivity index is 1.87. The highest BCUT2D eigenvalue weighted by molar-refractivity contribution is 6.49. The fourth-order valence-electron chi connectivity index (χ4n) is 5.95. The molecule has 0 aliphatic rings. The SMILES string of the molecule is Cc1ccc2ccc3c4ccc5ccc6ccc7ccc(c3c2c1)c1c7c6c5c41. The molecule has 0 unspecified atom stereocenters. The molecule has 8 rings (SSSR count). The van der Waals surface area contributed by atoms with E-state index >= 15 is 0 Å². The van der Waals surface area contributed by atoms with Gasteiger partial charge in [0.25, 0.3) is 0 Å². The predicted octanol–water partition coefficient (Wildman–Crippen LogP) is 8.38. The first kappa shape index (κ1) is 14.4. The van der Waals surface area contributed by atoms with Crippen LogP contribution in [-0.4, -0.2) is 0 Å². The maximum atomic E-state index is 2.36. The smallest absolute Gasteiger partial charge is 0.000719 e. The van der Waals surface area contributed by atoms with Crippen LogP contribution in [0.4, 0.5) is 0 Å². The Hall–Kier alpha value is -3.64. The van der Waals surface area contributed by atoms with Crippen LogP contribution in [0.25, 0.3) is 75.4 Å². The average Bonchev–Trinajstić information content (AvgIpc) is 3.12. The molecule has 0 atom stereocenters. The zero-order valence-corrected chi connectivity index (χ0v) is 16.0. The summed E-state index contributed by atoms with van der Waals surface area (Å²) in [6.45, 7) is 2.19. The monoisotopic (exact) mass is 364 g/mol. The lowest BCUT2D eigenvalue weighted by molar-refractivity contribution is 1.51. The van der Waals surface area contributed by atoms with E-state index in [-0.39, 0.29) is 0 Å². The van der Waals surface area contributed by atoms with E-state index in [2.05, 4.69) is 85.8 Å². The van der Waals surface area contributed by atoms with Gasteiger partial charge in [0.15, 0.2) is 0 Å². The van der Waals surface area contributed by atoms with Crippen LogP contribution in [-0.2, 0) is 0 Å². The van der Waals surface area contributed by atoms with Crippen LogP contribution in [0.5, 0.6) is 0 Å². The van der Waals surface area contributed by atoms with Crippen LogP contribution in [0.3, 0.4) is 0 Å². The van der Waals surface area contributed by atoms with Crippen molar-refractivity contribution in [2.24, 2.45) is 0 Å². The largest absolute Gasteiger partial charge is 0.0587 e. The van der Waals surface area contributed by atoms with Gasteiger partial charge >= 0.3 is 0 Å². The number of hydrogen-bond acceptors (Lipinski definition) is 0. The quantitative estimate of drug-likeness (QED) is 0.237. The van der Waals surface area contributed by atoms with Gasteiger partial charge in [0.1, 0.15) is 0 Å². The Kier molecular flexibility index (Phi) is 2.23. The second-order valence-electron chi connectivity index (χ2n) is 8.61. The van der Waals surface area contributed by atoms with Gasteiger partial charge < -0.3 is 0 Å². The van der Waals surface area contributed by atoms with Crippen molar-refractivity contribution in [3.05, 3.63) is 84.4 Å². The Morgan fingerprint density at radius 2 is 0.793 bits per heavy atom. The van der Waals surface area contributed by atoms with Gasteiger partial charge in [-0.3, -0.25) is 0 Å². The van der Waals surface area contributed by atoms with Gasteiger partial charge in [0.05, 0.1) is 0 Å². The van der Waals surface area contributed by atoms with Crippen molar-refractivity contribution in [1.82, 2.24) is 0 Å². The van der Waals surface area contributed by atoms with Crippen LogP contribution >= 0.6 is 0 Å². The Labute approximate surface area is 167 Å². The summed E-state index contributed by atoms with van der Waals surface area (Å²) in [4.78, 5) is 0. The molecule has 0 aliphatic heterocycles. The van der Waals surface area contributed by atoms with Gasteiger partial charge in [-0.1, -0.05) is 84.4 Å². The zero-order chi connectivity index (χ0) is 18.9. The predicted molar refractivity (Wildman–Crippen MR) is 127 cm³/mol. The number of hydrogen-bond donors (Lipinski definition) is 0. The van der Waals surface area contributed by atoms with Crippen molar-refractivity contribution in [2.75, 3.05) is 0 Å². The molecule has 0 radical (unpaired) electrons. The second-order valence-corrected chi connectivity index (χ2v) is 8.61. The lowest BCUT2D eigenvalue weighted by Gasteiger charge is -2.13. The molecule has 0 fully saturated rings. The van der Waals surface area contributed by atoms with E-state index in [1.807, 2.05) is 0 Å². The number of rotatable bonds is 0. The molecule has 132 valence electrons. The molecule has 0 aromatic heterocycles.